The third-order valence-electron chi connectivity index (χ3n) is 8.75. The molecule has 25 heavy (non-hydrogen) atoms. The van der Waals surface area contributed by atoms with Crippen molar-refractivity contribution >= 4 is 5.97 Å². The first kappa shape index (κ1) is 17.9. The molecule has 0 aliphatic heterocycles. The van der Waals surface area contributed by atoms with Gasteiger partial charge < -0.3 is 4.74 Å². The van der Waals surface area contributed by atoms with Gasteiger partial charge in [0, 0.05) is 6.42 Å². The lowest BCUT2D eigenvalue weighted by Crippen LogP contribution is -2.31. The van der Waals surface area contributed by atoms with Gasteiger partial charge in [-0.15, -0.1) is 0 Å². The van der Waals surface area contributed by atoms with Crippen molar-refractivity contribution in [3.05, 3.63) is 0 Å². The van der Waals surface area contributed by atoms with Crippen LogP contribution in [0.25, 0.3) is 0 Å². The van der Waals surface area contributed by atoms with Crippen molar-refractivity contribution in [3.63, 3.8) is 0 Å². The molecule has 7 atom stereocenters. The molecule has 0 radical (unpaired) electrons. The predicted octanol–water partition coefficient (Wildman–Crippen LogP) is 5.99. The Kier molecular flexibility index (Phi) is 4.92. The van der Waals surface area contributed by atoms with Gasteiger partial charge in [-0.05, 0) is 99.7 Å². The average molecular weight is 347 g/mol. The molecule has 142 valence electrons. The second kappa shape index (κ2) is 6.89. The fraction of sp³-hybridized carbons (Fsp3) is 0.957. The zero-order chi connectivity index (χ0) is 17.6. The number of fused-ring (bicyclic) bond motifs is 5. The van der Waals surface area contributed by atoms with Crippen LogP contribution in [0.5, 0.6) is 0 Å². The van der Waals surface area contributed by atoms with E-state index in [1.807, 2.05) is 0 Å². The summed E-state index contributed by atoms with van der Waals surface area (Å²) in [6.45, 7) is 6.94. The number of rotatable bonds is 6. The summed E-state index contributed by atoms with van der Waals surface area (Å²) in [6, 6.07) is 0. The third kappa shape index (κ3) is 3.16. The normalized spacial score (nSPS) is 44.2. The van der Waals surface area contributed by atoms with Crippen molar-refractivity contribution in [1.29, 1.82) is 0 Å². The Hall–Kier alpha value is -0.530. The lowest BCUT2D eigenvalue weighted by atomic mass is 9.69. The van der Waals surface area contributed by atoms with E-state index in [2.05, 4.69) is 20.8 Å². The van der Waals surface area contributed by atoms with Crippen molar-refractivity contribution in [2.45, 2.75) is 97.0 Å². The molecule has 4 fully saturated rings. The number of carbonyl (C=O) groups is 1. The molecule has 0 spiro atoms. The highest BCUT2D eigenvalue weighted by Crippen LogP contribution is 2.66. The van der Waals surface area contributed by atoms with E-state index in [-0.39, 0.29) is 11.6 Å². The molecule has 0 N–H and O–H groups in total. The molecule has 4 rings (SSSR count). The molecule has 0 aromatic rings. The second-order valence-corrected chi connectivity index (χ2v) is 10.1. The van der Waals surface area contributed by atoms with Crippen molar-refractivity contribution in [1.82, 2.24) is 0 Å². The number of ether oxygens (including phenoxy) is 1. The Labute approximate surface area is 154 Å². The highest BCUT2D eigenvalue weighted by molar-refractivity contribution is 5.69. The van der Waals surface area contributed by atoms with Gasteiger partial charge in [0.05, 0.1) is 0 Å². The molecular weight excluding hydrogens is 308 g/mol. The summed E-state index contributed by atoms with van der Waals surface area (Å²) in [6.07, 6.45) is 13.4. The van der Waals surface area contributed by atoms with Gasteiger partial charge in [0.1, 0.15) is 5.60 Å². The Morgan fingerprint density at radius 3 is 2.32 bits per heavy atom. The summed E-state index contributed by atoms with van der Waals surface area (Å²) in [5, 5.41) is 0. The van der Waals surface area contributed by atoms with E-state index < -0.39 is 0 Å². The topological polar surface area (TPSA) is 26.3 Å². The summed E-state index contributed by atoms with van der Waals surface area (Å²) in [5.74, 6) is 6.77. The molecule has 4 aliphatic carbocycles. The molecule has 0 aromatic carbocycles. The summed E-state index contributed by atoms with van der Waals surface area (Å²) in [4.78, 5) is 12.4. The van der Waals surface area contributed by atoms with Crippen LogP contribution in [-0.2, 0) is 9.53 Å². The summed E-state index contributed by atoms with van der Waals surface area (Å²) < 4.78 is 5.86. The van der Waals surface area contributed by atoms with Crippen LogP contribution in [-0.4, -0.2) is 11.6 Å². The largest absolute Gasteiger partial charge is 0.459 e. The Morgan fingerprint density at radius 1 is 0.960 bits per heavy atom. The molecule has 0 amide bonds. The van der Waals surface area contributed by atoms with E-state index in [0.717, 1.165) is 60.7 Å². The number of esters is 1. The monoisotopic (exact) mass is 346 g/mol. The molecule has 2 heteroatoms. The fourth-order valence-corrected chi connectivity index (χ4v) is 7.72. The van der Waals surface area contributed by atoms with E-state index in [1.165, 1.54) is 44.9 Å². The molecule has 0 saturated heterocycles. The first-order valence-corrected chi connectivity index (χ1v) is 11.3. The van der Waals surface area contributed by atoms with E-state index >= 15 is 0 Å². The number of hydrogen-bond donors (Lipinski definition) is 0. The third-order valence-corrected chi connectivity index (χ3v) is 8.75. The number of carbonyl (C=O) groups excluding carboxylic acids is 1. The van der Waals surface area contributed by atoms with Crippen LogP contribution in [0.15, 0.2) is 0 Å². The minimum atomic E-state index is -0.149. The van der Waals surface area contributed by atoms with Gasteiger partial charge in [-0.3, -0.25) is 4.79 Å². The summed E-state index contributed by atoms with van der Waals surface area (Å²) in [5.41, 5.74) is -0.149. The molecule has 4 saturated carbocycles. The summed E-state index contributed by atoms with van der Waals surface area (Å²) in [7, 11) is 0. The first-order valence-electron chi connectivity index (χ1n) is 11.3. The molecule has 2 bridgehead atoms. The SMILES string of the molecule is CCC1CC(CC)C2C3CC(CC3CCC(=O)OC3(C)CCCC3)C12. The maximum Gasteiger partial charge on any atom is 0.306 e. The standard InChI is InChI=1S/C23H38O2/c1-4-15-12-16(5-2)22-19-14-18(21(15)22)13-17(19)8-9-20(24)25-23(3)10-6-7-11-23/h15-19,21-22H,4-14H2,1-3H3. The molecule has 7 unspecified atom stereocenters. The number of hydrogen-bond acceptors (Lipinski definition) is 2. The summed E-state index contributed by atoms with van der Waals surface area (Å²) >= 11 is 0. The Balaban J connectivity index is 1.32. The molecule has 0 aromatic heterocycles. The van der Waals surface area contributed by atoms with Gasteiger partial charge in [0.25, 0.3) is 0 Å². The fourth-order valence-electron chi connectivity index (χ4n) is 7.72. The van der Waals surface area contributed by atoms with Crippen molar-refractivity contribution in [2.75, 3.05) is 0 Å². The first-order chi connectivity index (χ1) is 12.0. The predicted molar refractivity (Wildman–Crippen MR) is 101 cm³/mol. The molecular formula is C23H38O2. The Bertz CT molecular complexity index is 492. The minimum absolute atomic E-state index is 0.0774. The Morgan fingerprint density at radius 2 is 1.64 bits per heavy atom. The van der Waals surface area contributed by atoms with Gasteiger partial charge in [0.15, 0.2) is 0 Å². The van der Waals surface area contributed by atoms with Crippen molar-refractivity contribution in [2.24, 2.45) is 41.4 Å². The van der Waals surface area contributed by atoms with Gasteiger partial charge >= 0.3 is 5.97 Å². The lowest BCUT2D eigenvalue weighted by molar-refractivity contribution is -0.158. The van der Waals surface area contributed by atoms with Gasteiger partial charge in [-0.1, -0.05) is 26.7 Å². The molecule has 2 nitrogen and oxygen atoms in total. The van der Waals surface area contributed by atoms with Crippen LogP contribution < -0.4 is 0 Å². The average Bonchev–Trinajstić information content (AvgIpc) is 3.33. The van der Waals surface area contributed by atoms with Gasteiger partial charge in [0.2, 0.25) is 0 Å². The second-order valence-electron chi connectivity index (χ2n) is 10.1. The van der Waals surface area contributed by atoms with E-state index in [4.69, 9.17) is 4.74 Å². The van der Waals surface area contributed by atoms with Gasteiger partial charge in [-0.2, -0.15) is 0 Å². The zero-order valence-electron chi connectivity index (χ0n) is 16.6. The highest BCUT2D eigenvalue weighted by Gasteiger charge is 2.59. The quantitative estimate of drug-likeness (QED) is 0.552. The smallest absolute Gasteiger partial charge is 0.306 e. The van der Waals surface area contributed by atoms with E-state index in [9.17, 15) is 4.79 Å². The van der Waals surface area contributed by atoms with Crippen molar-refractivity contribution < 1.29 is 9.53 Å². The molecule has 4 aliphatic rings. The molecule has 0 heterocycles. The van der Waals surface area contributed by atoms with Crippen LogP contribution in [0.1, 0.15) is 91.4 Å². The zero-order valence-corrected chi connectivity index (χ0v) is 16.6. The van der Waals surface area contributed by atoms with Crippen LogP contribution in [0.3, 0.4) is 0 Å². The maximum absolute atomic E-state index is 12.4. The maximum atomic E-state index is 12.4. The van der Waals surface area contributed by atoms with Crippen molar-refractivity contribution in [3.8, 4) is 0 Å². The van der Waals surface area contributed by atoms with Crippen LogP contribution in [0.2, 0.25) is 0 Å². The lowest BCUT2D eigenvalue weighted by Gasteiger charge is -2.36. The van der Waals surface area contributed by atoms with Crippen LogP contribution >= 0.6 is 0 Å². The van der Waals surface area contributed by atoms with Crippen LogP contribution in [0, 0.1) is 41.4 Å². The van der Waals surface area contributed by atoms with E-state index in [0.29, 0.717) is 6.42 Å². The highest BCUT2D eigenvalue weighted by atomic mass is 16.6. The van der Waals surface area contributed by atoms with E-state index in [1.54, 1.807) is 0 Å². The van der Waals surface area contributed by atoms with Gasteiger partial charge in [-0.25, -0.2) is 0 Å². The van der Waals surface area contributed by atoms with Crippen LogP contribution in [0.4, 0.5) is 0 Å². The minimum Gasteiger partial charge on any atom is -0.459 e.